The molecule has 0 aliphatic rings. The molecule has 0 aromatic carbocycles. The Balaban J connectivity index is 4.53. The number of aliphatic carboxylic acids is 1. The number of nitrogens with two attached hydrogens (primary N) is 1. The van der Waals surface area contributed by atoms with Crippen LogP contribution in [-0.2, 0) is 37.5 Å². The fraction of sp³-hybridized carbons (Fsp3) is 0.674. The Labute approximate surface area is 350 Å². The predicted molar refractivity (Wildman–Crippen MR) is 235 cm³/mol. The van der Waals surface area contributed by atoms with Gasteiger partial charge in [0.15, 0.2) is 6.10 Å². The van der Waals surface area contributed by atoms with Crippen LogP contribution >= 0.6 is 7.82 Å². The van der Waals surface area contributed by atoms with Gasteiger partial charge in [-0.05, 0) is 64.2 Å². The molecular formula is C46H78NO10P. The number of carbonyl (C=O) groups excluding carboxylic acids is 2. The molecule has 0 bridgehead atoms. The smallest absolute Gasteiger partial charge is 0.472 e. The number of phosphoric ester groups is 1. The van der Waals surface area contributed by atoms with E-state index in [2.05, 4.69) is 73.1 Å². The van der Waals surface area contributed by atoms with E-state index in [9.17, 15) is 23.8 Å². The Morgan fingerprint density at radius 2 is 0.914 bits per heavy atom. The van der Waals surface area contributed by atoms with Crippen LogP contribution in [0.25, 0.3) is 0 Å². The van der Waals surface area contributed by atoms with Gasteiger partial charge in [-0.1, -0.05) is 164 Å². The van der Waals surface area contributed by atoms with Gasteiger partial charge >= 0.3 is 25.7 Å². The summed E-state index contributed by atoms with van der Waals surface area (Å²) in [5, 5.41) is 8.88. The lowest BCUT2D eigenvalue weighted by Crippen LogP contribution is -2.34. The van der Waals surface area contributed by atoms with E-state index in [-0.39, 0.29) is 12.8 Å². The van der Waals surface area contributed by atoms with Crippen molar-refractivity contribution in [2.45, 2.75) is 180 Å². The summed E-state index contributed by atoms with van der Waals surface area (Å²) in [5.41, 5.74) is 5.32. The molecule has 0 aromatic heterocycles. The number of allylic oxidation sites excluding steroid dienone is 12. The molecule has 332 valence electrons. The Morgan fingerprint density at radius 3 is 1.43 bits per heavy atom. The van der Waals surface area contributed by atoms with E-state index in [1.54, 1.807) is 0 Å². The highest BCUT2D eigenvalue weighted by molar-refractivity contribution is 7.47. The monoisotopic (exact) mass is 836 g/mol. The summed E-state index contributed by atoms with van der Waals surface area (Å²) in [4.78, 5) is 45.9. The van der Waals surface area contributed by atoms with Gasteiger partial charge in [0, 0.05) is 12.8 Å². The minimum absolute atomic E-state index is 0.0597. The van der Waals surface area contributed by atoms with Crippen LogP contribution in [0.2, 0.25) is 0 Å². The van der Waals surface area contributed by atoms with E-state index in [0.717, 1.165) is 38.5 Å². The number of hydrogen-bond acceptors (Lipinski definition) is 9. The first-order valence-electron chi connectivity index (χ1n) is 22.0. The molecule has 12 heteroatoms. The lowest BCUT2D eigenvalue weighted by Gasteiger charge is -2.20. The number of carboxylic acids is 1. The zero-order valence-electron chi connectivity index (χ0n) is 35.9. The summed E-state index contributed by atoms with van der Waals surface area (Å²) >= 11 is 0. The molecule has 0 spiro atoms. The molecule has 58 heavy (non-hydrogen) atoms. The van der Waals surface area contributed by atoms with Crippen molar-refractivity contribution in [3.63, 3.8) is 0 Å². The first-order valence-corrected chi connectivity index (χ1v) is 23.5. The van der Waals surface area contributed by atoms with Crippen LogP contribution in [0.5, 0.6) is 0 Å². The molecule has 0 saturated carbocycles. The lowest BCUT2D eigenvalue weighted by molar-refractivity contribution is -0.161. The summed E-state index contributed by atoms with van der Waals surface area (Å²) < 4.78 is 32.5. The second kappa shape index (κ2) is 40.7. The highest BCUT2D eigenvalue weighted by Crippen LogP contribution is 2.43. The summed E-state index contributed by atoms with van der Waals surface area (Å²) in [5.74, 6) is -2.55. The third kappa shape index (κ3) is 39.7. The number of rotatable bonds is 40. The number of unbranched alkanes of at least 4 members (excludes halogenated alkanes) is 14. The topological polar surface area (TPSA) is 172 Å². The standard InChI is InChI=1S/C46H78NO10P/c1-3-5-7-9-11-13-15-17-19-20-21-22-24-25-27-29-31-33-35-37-44(48)54-39-42(40-55-58(52,53)56-41-43(47)46(50)51)57-45(49)38-36-34-32-30-28-26-23-18-16-14-12-10-8-6-4-2/h11,13,17,19,21-22,25,27,31-34,42-43H,3-10,12,14-16,18,20,23-24,26,28-30,35-41,47H2,1-2H3,(H,50,51)(H,52,53)/b13-11+,19-17+,22-21+,27-25+,33-31+,34-32+/t42-,43+/m1/s1. The third-order valence-corrected chi connectivity index (χ3v) is 9.90. The average Bonchev–Trinajstić information content (AvgIpc) is 3.20. The fourth-order valence-corrected chi connectivity index (χ4v) is 6.25. The molecular weight excluding hydrogens is 757 g/mol. The van der Waals surface area contributed by atoms with Crippen LogP contribution in [0.1, 0.15) is 168 Å². The third-order valence-electron chi connectivity index (χ3n) is 8.95. The number of hydrogen-bond donors (Lipinski definition) is 3. The van der Waals surface area contributed by atoms with Gasteiger partial charge in [-0.3, -0.25) is 23.4 Å². The van der Waals surface area contributed by atoms with Gasteiger partial charge < -0.3 is 25.2 Å². The fourth-order valence-electron chi connectivity index (χ4n) is 5.48. The number of carbonyl (C=O) groups is 3. The molecule has 3 atom stereocenters. The maximum Gasteiger partial charge on any atom is 0.472 e. The van der Waals surface area contributed by atoms with Crippen molar-refractivity contribution in [1.82, 2.24) is 0 Å². The van der Waals surface area contributed by atoms with Crippen molar-refractivity contribution in [1.29, 1.82) is 0 Å². The molecule has 0 heterocycles. The maximum absolute atomic E-state index is 12.6. The molecule has 0 aromatic rings. The second-order valence-electron chi connectivity index (χ2n) is 14.5. The van der Waals surface area contributed by atoms with Crippen LogP contribution < -0.4 is 5.73 Å². The number of carboxylic acid groups (broad SMARTS) is 1. The van der Waals surface area contributed by atoms with E-state index >= 15 is 0 Å². The van der Waals surface area contributed by atoms with E-state index in [1.165, 1.54) is 89.9 Å². The lowest BCUT2D eigenvalue weighted by atomic mass is 10.1. The molecule has 11 nitrogen and oxygen atoms in total. The van der Waals surface area contributed by atoms with Crippen molar-refractivity contribution in [3.05, 3.63) is 72.9 Å². The quantitative estimate of drug-likeness (QED) is 0.0232. The highest BCUT2D eigenvalue weighted by Gasteiger charge is 2.28. The predicted octanol–water partition coefficient (Wildman–Crippen LogP) is 11.7. The molecule has 0 fully saturated rings. The van der Waals surface area contributed by atoms with Crippen molar-refractivity contribution in [2.75, 3.05) is 19.8 Å². The van der Waals surface area contributed by atoms with Crippen LogP contribution in [0.4, 0.5) is 0 Å². The van der Waals surface area contributed by atoms with E-state index in [1.807, 2.05) is 18.2 Å². The minimum Gasteiger partial charge on any atom is -0.480 e. The van der Waals surface area contributed by atoms with Crippen LogP contribution in [0.3, 0.4) is 0 Å². The Morgan fingerprint density at radius 1 is 0.534 bits per heavy atom. The second-order valence-corrected chi connectivity index (χ2v) is 15.9. The number of ether oxygens (including phenoxy) is 2. The largest absolute Gasteiger partial charge is 0.480 e. The highest BCUT2D eigenvalue weighted by atomic mass is 31.2. The number of phosphoric acid groups is 1. The molecule has 0 aliphatic heterocycles. The van der Waals surface area contributed by atoms with Crippen molar-refractivity contribution in [3.8, 4) is 0 Å². The Bertz CT molecular complexity index is 1260. The maximum atomic E-state index is 12.6. The van der Waals surface area contributed by atoms with Gasteiger partial charge in [0.25, 0.3) is 0 Å². The summed E-state index contributed by atoms with van der Waals surface area (Å²) in [6.07, 6.45) is 48.5. The molecule has 0 amide bonds. The zero-order chi connectivity index (χ0) is 42.8. The van der Waals surface area contributed by atoms with Crippen LogP contribution in [0.15, 0.2) is 72.9 Å². The minimum atomic E-state index is -4.74. The molecule has 0 saturated heterocycles. The summed E-state index contributed by atoms with van der Waals surface area (Å²) in [6, 6.07) is -1.54. The molecule has 4 N–H and O–H groups in total. The summed E-state index contributed by atoms with van der Waals surface area (Å²) in [7, 11) is -4.74. The summed E-state index contributed by atoms with van der Waals surface area (Å²) in [6.45, 7) is 2.65. The van der Waals surface area contributed by atoms with Crippen LogP contribution in [0, 0.1) is 0 Å². The van der Waals surface area contributed by atoms with Crippen molar-refractivity contribution < 1.29 is 47.5 Å². The first kappa shape index (κ1) is 54.9. The Kier molecular flexibility index (Phi) is 38.5. The van der Waals surface area contributed by atoms with Crippen molar-refractivity contribution >= 4 is 25.7 Å². The van der Waals surface area contributed by atoms with E-state index < -0.39 is 57.7 Å². The molecule has 1 unspecified atom stereocenters. The normalized spacial score (nSPS) is 14.4. The van der Waals surface area contributed by atoms with E-state index in [0.29, 0.717) is 12.8 Å². The van der Waals surface area contributed by atoms with Crippen LogP contribution in [-0.4, -0.2) is 59.9 Å². The SMILES string of the molecule is CCCCC/C=C/C/C=C/C/C=C/C/C=C/C/C=C/CCC(=O)OC[C@H](COP(=O)(O)OC[C@H](N)C(=O)O)OC(=O)CC/C=C/CCCCCCCCCCCCC. The van der Waals surface area contributed by atoms with E-state index in [4.69, 9.17) is 24.8 Å². The van der Waals surface area contributed by atoms with Gasteiger partial charge in [-0.15, -0.1) is 0 Å². The van der Waals surface area contributed by atoms with Gasteiger partial charge in [0.05, 0.1) is 13.2 Å². The van der Waals surface area contributed by atoms with Gasteiger partial charge in [-0.2, -0.15) is 0 Å². The zero-order valence-corrected chi connectivity index (χ0v) is 36.8. The Hall–Kier alpha value is -3.08. The van der Waals surface area contributed by atoms with Gasteiger partial charge in [0.1, 0.15) is 12.6 Å². The molecule has 0 radical (unpaired) electrons. The van der Waals surface area contributed by atoms with Gasteiger partial charge in [0.2, 0.25) is 0 Å². The van der Waals surface area contributed by atoms with Crippen molar-refractivity contribution in [2.24, 2.45) is 5.73 Å². The molecule has 0 rings (SSSR count). The first-order chi connectivity index (χ1) is 28.1. The molecule has 0 aliphatic carbocycles. The average molecular weight is 836 g/mol. The van der Waals surface area contributed by atoms with Gasteiger partial charge in [-0.25, -0.2) is 4.57 Å². The number of esters is 2.